The topological polar surface area (TPSA) is 43.7 Å². The van der Waals surface area contributed by atoms with Crippen LogP contribution < -0.4 is 0 Å². The predicted octanol–water partition coefficient (Wildman–Crippen LogP) is 0.318. The van der Waals surface area contributed by atoms with E-state index >= 15 is 0 Å². The number of hydrogen-bond donors (Lipinski definition) is 2. The predicted molar refractivity (Wildman–Crippen MR) is 52.5 cm³/mol. The normalized spacial score (nSPS) is 38.1. The Balaban J connectivity index is 2.50. The molecule has 13 heavy (non-hydrogen) atoms. The molecule has 1 aliphatic heterocycles. The number of β-amino-alcohol motifs (C(OH)–C–C–N with tert-alkyl or cyclic N) is 1. The zero-order valence-electron chi connectivity index (χ0n) is 8.82. The molecule has 78 valence electrons. The monoisotopic (exact) mass is 187 g/mol. The van der Waals surface area contributed by atoms with Gasteiger partial charge in [0.1, 0.15) is 0 Å². The maximum absolute atomic E-state index is 9.26. The molecule has 0 amide bonds. The molecule has 0 radical (unpaired) electrons. The van der Waals surface area contributed by atoms with Crippen LogP contribution in [0.3, 0.4) is 0 Å². The summed E-state index contributed by atoms with van der Waals surface area (Å²) in [6.45, 7) is 8.93. The molecule has 0 aliphatic carbocycles. The van der Waals surface area contributed by atoms with Crippen LogP contribution in [0.25, 0.3) is 0 Å². The van der Waals surface area contributed by atoms with Crippen molar-refractivity contribution in [3.63, 3.8) is 0 Å². The molecule has 3 unspecified atom stereocenters. The molecule has 1 fully saturated rings. The molecule has 3 nitrogen and oxygen atoms in total. The summed E-state index contributed by atoms with van der Waals surface area (Å²) in [6, 6.07) is 0. The van der Waals surface area contributed by atoms with Gasteiger partial charge in [-0.05, 0) is 12.8 Å². The Morgan fingerprint density at radius 3 is 2.62 bits per heavy atom. The zero-order chi connectivity index (χ0) is 10.1. The van der Waals surface area contributed by atoms with Crippen molar-refractivity contribution < 1.29 is 10.2 Å². The Hall–Kier alpha value is -0.120. The summed E-state index contributed by atoms with van der Waals surface area (Å²) in [4.78, 5) is 2.23. The molecular weight excluding hydrogens is 166 g/mol. The third kappa shape index (κ3) is 2.42. The average molecular weight is 187 g/mol. The largest absolute Gasteiger partial charge is 0.396 e. The molecule has 1 saturated heterocycles. The first kappa shape index (κ1) is 11.0. The highest BCUT2D eigenvalue weighted by molar-refractivity contribution is 4.91. The quantitative estimate of drug-likeness (QED) is 0.668. The molecule has 1 rings (SSSR count). The van der Waals surface area contributed by atoms with Crippen molar-refractivity contribution in [3.05, 3.63) is 0 Å². The second-order valence-corrected chi connectivity index (χ2v) is 4.76. The minimum atomic E-state index is -0.270. The van der Waals surface area contributed by atoms with Gasteiger partial charge in [0.25, 0.3) is 0 Å². The highest BCUT2D eigenvalue weighted by Gasteiger charge is 2.39. The molecular formula is C10H21NO2. The highest BCUT2D eigenvalue weighted by Crippen LogP contribution is 2.34. The second kappa shape index (κ2) is 3.95. The van der Waals surface area contributed by atoms with Crippen LogP contribution >= 0.6 is 0 Å². The molecule has 3 heteroatoms. The van der Waals surface area contributed by atoms with E-state index in [0.717, 1.165) is 19.6 Å². The summed E-state index contributed by atoms with van der Waals surface area (Å²) in [5.41, 5.74) is 0.0227. The van der Waals surface area contributed by atoms with E-state index in [1.807, 2.05) is 0 Å². The molecule has 1 heterocycles. The minimum Gasteiger partial charge on any atom is -0.396 e. The van der Waals surface area contributed by atoms with Crippen LogP contribution in [0.2, 0.25) is 0 Å². The number of likely N-dealkylation sites (tertiary alicyclic amines) is 1. The van der Waals surface area contributed by atoms with Crippen LogP contribution in [0.5, 0.6) is 0 Å². The number of rotatable bonds is 3. The van der Waals surface area contributed by atoms with E-state index in [4.69, 9.17) is 0 Å². The summed E-state index contributed by atoms with van der Waals surface area (Å²) >= 11 is 0. The van der Waals surface area contributed by atoms with Crippen molar-refractivity contribution in [2.75, 3.05) is 26.2 Å². The van der Waals surface area contributed by atoms with Gasteiger partial charge in [0.15, 0.2) is 0 Å². The molecule has 0 bridgehead atoms. The number of hydrogen-bond acceptors (Lipinski definition) is 3. The number of aliphatic hydroxyl groups excluding tert-OH is 2. The van der Waals surface area contributed by atoms with Gasteiger partial charge in [-0.1, -0.05) is 13.8 Å². The standard InChI is InChI=1S/C10H21NO2/c1-8-4-11(5-9(2)13)6-10(8,3)7-12/h8-9,12-13H,4-7H2,1-3H3. The van der Waals surface area contributed by atoms with Crippen molar-refractivity contribution in [1.29, 1.82) is 0 Å². The van der Waals surface area contributed by atoms with Crippen molar-refractivity contribution in [2.45, 2.75) is 26.9 Å². The first-order valence-corrected chi connectivity index (χ1v) is 4.99. The van der Waals surface area contributed by atoms with Gasteiger partial charge in [0.2, 0.25) is 0 Å². The van der Waals surface area contributed by atoms with Gasteiger partial charge in [-0.2, -0.15) is 0 Å². The van der Waals surface area contributed by atoms with E-state index in [0.29, 0.717) is 5.92 Å². The molecule has 0 aromatic heterocycles. The fourth-order valence-corrected chi connectivity index (χ4v) is 2.06. The maximum Gasteiger partial charge on any atom is 0.0639 e. The van der Waals surface area contributed by atoms with Gasteiger partial charge in [-0.25, -0.2) is 0 Å². The van der Waals surface area contributed by atoms with Crippen LogP contribution in [0, 0.1) is 11.3 Å². The lowest BCUT2D eigenvalue weighted by molar-refractivity contribution is 0.104. The van der Waals surface area contributed by atoms with Crippen LogP contribution in [0.15, 0.2) is 0 Å². The number of aliphatic hydroxyl groups is 2. The Labute approximate surface area is 80.4 Å². The molecule has 0 aromatic rings. The molecule has 1 aliphatic rings. The number of nitrogens with zero attached hydrogens (tertiary/aromatic N) is 1. The van der Waals surface area contributed by atoms with Crippen molar-refractivity contribution in [1.82, 2.24) is 4.90 Å². The molecule has 2 N–H and O–H groups in total. The van der Waals surface area contributed by atoms with E-state index in [-0.39, 0.29) is 18.1 Å². The van der Waals surface area contributed by atoms with Crippen LogP contribution in [0.4, 0.5) is 0 Å². The Morgan fingerprint density at radius 1 is 1.62 bits per heavy atom. The average Bonchev–Trinajstić information content (AvgIpc) is 2.27. The Bertz CT molecular complexity index is 172. The van der Waals surface area contributed by atoms with Crippen molar-refractivity contribution in [2.24, 2.45) is 11.3 Å². The SMILES string of the molecule is CC(O)CN1CC(C)C(C)(CO)C1. The van der Waals surface area contributed by atoms with Crippen molar-refractivity contribution >= 4 is 0 Å². The van der Waals surface area contributed by atoms with Gasteiger partial charge in [-0.3, -0.25) is 4.90 Å². The smallest absolute Gasteiger partial charge is 0.0639 e. The van der Waals surface area contributed by atoms with E-state index in [1.54, 1.807) is 6.92 Å². The summed E-state index contributed by atoms with van der Waals surface area (Å²) in [5, 5.41) is 18.5. The third-order valence-corrected chi connectivity index (χ3v) is 3.19. The molecule has 3 atom stereocenters. The van der Waals surface area contributed by atoms with Gasteiger partial charge in [0.05, 0.1) is 6.10 Å². The van der Waals surface area contributed by atoms with Crippen molar-refractivity contribution in [3.8, 4) is 0 Å². The van der Waals surface area contributed by atoms with E-state index < -0.39 is 0 Å². The Kier molecular flexibility index (Phi) is 3.33. The van der Waals surface area contributed by atoms with Gasteiger partial charge < -0.3 is 10.2 Å². The van der Waals surface area contributed by atoms with Crippen LogP contribution in [-0.4, -0.2) is 47.5 Å². The summed E-state index contributed by atoms with van der Waals surface area (Å²) in [5.74, 6) is 0.510. The molecule has 0 spiro atoms. The summed E-state index contributed by atoms with van der Waals surface area (Å²) in [6.07, 6.45) is -0.270. The summed E-state index contributed by atoms with van der Waals surface area (Å²) < 4.78 is 0. The molecule has 0 saturated carbocycles. The van der Waals surface area contributed by atoms with E-state index in [1.165, 1.54) is 0 Å². The second-order valence-electron chi connectivity index (χ2n) is 4.76. The fourth-order valence-electron chi connectivity index (χ4n) is 2.06. The zero-order valence-corrected chi connectivity index (χ0v) is 8.82. The van der Waals surface area contributed by atoms with Gasteiger partial charge in [0, 0.05) is 31.7 Å². The van der Waals surface area contributed by atoms with E-state index in [9.17, 15) is 10.2 Å². The molecule has 0 aromatic carbocycles. The van der Waals surface area contributed by atoms with E-state index in [2.05, 4.69) is 18.7 Å². The van der Waals surface area contributed by atoms with Crippen LogP contribution in [-0.2, 0) is 0 Å². The lowest BCUT2D eigenvalue weighted by Gasteiger charge is -2.25. The lowest BCUT2D eigenvalue weighted by atomic mass is 9.82. The fraction of sp³-hybridized carbons (Fsp3) is 1.00. The lowest BCUT2D eigenvalue weighted by Crippen LogP contribution is -2.32. The highest BCUT2D eigenvalue weighted by atomic mass is 16.3. The third-order valence-electron chi connectivity index (χ3n) is 3.19. The van der Waals surface area contributed by atoms with Gasteiger partial charge >= 0.3 is 0 Å². The Morgan fingerprint density at radius 2 is 2.23 bits per heavy atom. The maximum atomic E-state index is 9.26. The summed E-state index contributed by atoms with van der Waals surface area (Å²) in [7, 11) is 0. The van der Waals surface area contributed by atoms with Crippen LogP contribution in [0.1, 0.15) is 20.8 Å². The first-order chi connectivity index (χ1) is 5.98. The van der Waals surface area contributed by atoms with Gasteiger partial charge in [-0.15, -0.1) is 0 Å². The minimum absolute atomic E-state index is 0.0227. The first-order valence-electron chi connectivity index (χ1n) is 4.99.